The molecule has 3 nitrogen and oxygen atoms in total. The van der Waals surface area contributed by atoms with Gasteiger partial charge >= 0.3 is 0 Å². The molecule has 0 bridgehead atoms. The predicted molar refractivity (Wildman–Crippen MR) is 70.8 cm³/mol. The van der Waals surface area contributed by atoms with Gasteiger partial charge in [0.05, 0.1) is 6.42 Å². The van der Waals surface area contributed by atoms with Crippen LogP contribution in [0.15, 0.2) is 24.3 Å². The third-order valence-electron chi connectivity index (χ3n) is 2.78. The van der Waals surface area contributed by atoms with E-state index in [-0.39, 0.29) is 11.9 Å². The van der Waals surface area contributed by atoms with Crippen LogP contribution in [0.2, 0.25) is 0 Å². The van der Waals surface area contributed by atoms with Crippen molar-refractivity contribution >= 4 is 5.91 Å². The summed E-state index contributed by atoms with van der Waals surface area (Å²) in [6, 6.07) is 8.21. The van der Waals surface area contributed by atoms with Crippen LogP contribution in [0.1, 0.15) is 24.5 Å². The van der Waals surface area contributed by atoms with Gasteiger partial charge in [0.2, 0.25) is 5.91 Å². The monoisotopic (exact) mass is 234 g/mol. The highest BCUT2D eigenvalue weighted by atomic mass is 16.2. The summed E-state index contributed by atoms with van der Waals surface area (Å²) < 4.78 is 0. The van der Waals surface area contributed by atoms with Gasteiger partial charge < -0.3 is 10.6 Å². The molecule has 0 aliphatic rings. The van der Waals surface area contributed by atoms with Gasteiger partial charge in [-0.1, -0.05) is 29.8 Å². The maximum atomic E-state index is 11.9. The minimum absolute atomic E-state index is 0.143. The highest BCUT2D eigenvalue weighted by molar-refractivity contribution is 5.78. The van der Waals surface area contributed by atoms with Crippen LogP contribution in [0, 0.1) is 6.92 Å². The summed E-state index contributed by atoms with van der Waals surface area (Å²) in [6.07, 6.45) is 1.31. The fourth-order valence-corrected chi connectivity index (χ4v) is 1.65. The lowest BCUT2D eigenvalue weighted by molar-refractivity contribution is -0.129. The second-order valence-electron chi connectivity index (χ2n) is 4.75. The molecule has 1 amide bonds. The molecule has 0 saturated heterocycles. The molecule has 1 unspecified atom stereocenters. The molecule has 1 rings (SSSR count). The Morgan fingerprint density at radius 1 is 1.47 bits per heavy atom. The van der Waals surface area contributed by atoms with Crippen molar-refractivity contribution in [2.75, 3.05) is 13.6 Å². The number of aryl methyl sites for hydroxylation is 1. The predicted octanol–water partition coefficient (Wildman–Crippen LogP) is 1.73. The van der Waals surface area contributed by atoms with Crippen molar-refractivity contribution in [1.82, 2.24) is 4.90 Å². The lowest BCUT2D eigenvalue weighted by atomic mass is 10.1. The molecule has 0 fully saturated rings. The van der Waals surface area contributed by atoms with Crippen LogP contribution in [0.25, 0.3) is 0 Å². The summed E-state index contributed by atoms with van der Waals surface area (Å²) in [4.78, 5) is 13.7. The number of likely N-dealkylation sites (N-methyl/N-ethyl adjacent to an activating group) is 1. The number of nitrogens with zero attached hydrogens (tertiary/aromatic N) is 1. The summed E-state index contributed by atoms with van der Waals surface area (Å²) in [5.74, 6) is 0.149. The smallest absolute Gasteiger partial charge is 0.226 e. The fraction of sp³-hybridized carbons (Fsp3) is 0.500. The Kier molecular flexibility index (Phi) is 5.16. The molecule has 0 saturated carbocycles. The van der Waals surface area contributed by atoms with Gasteiger partial charge in [-0.15, -0.1) is 0 Å². The Morgan fingerprint density at radius 3 is 2.76 bits per heavy atom. The molecule has 0 radical (unpaired) electrons. The number of hydrogen-bond donors (Lipinski definition) is 1. The SMILES string of the molecule is Cc1cccc(CC(=O)N(C)CCC(C)N)c1. The second-order valence-corrected chi connectivity index (χ2v) is 4.75. The van der Waals surface area contributed by atoms with E-state index in [4.69, 9.17) is 5.73 Å². The zero-order valence-corrected chi connectivity index (χ0v) is 10.9. The zero-order chi connectivity index (χ0) is 12.8. The van der Waals surface area contributed by atoms with Crippen LogP contribution in [0.4, 0.5) is 0 Å². The van der Waals surface area contributed by atoms with Gasteiger partial charge in [0.1, 0.15) is 0 Å². The standard InChI is InChI=1S/C14H22N2O/c1-11-5-4-6-13(9-11)10-14(17)16(3)8-7-12(2)15/h4-6,9,12H,7-8,10,15H2,1-3H3. The topological polar surface area (TPSA) is 46.3 Å². The van der Waals surface area contributed by atoms with Crippen molar-refractivity contribution in [3.8, 4) is 0 Å². The molecule has 0 aliphatic carbocycles. The number of hydrogen-bond acceptors (Lipinski definition) is 2. The lowest BCUT2D eigenvalue weighted by Gasteiger charge is -2.18. The minimum Gasteiger partial charge on any atom is -0.345 e. The molecule has 1 aromatic carbocycles. The first-order valence-electron chi connectivity index (χ1n) is 6.04. The molecule has 0 heterocycles. The molecule has 0 aromatic heterocycles. The first kappa shape index (κ1) is 13.7. The Hall–Kier alpha value is -1.35. The van der Waals surface area contributed by atoms with E-state index in [9.17, 15) is 4.79 Å². The van der Waals surface area contributed by atoms with E-state index >= 15 is 0 Å². The van der Waals surface area contributed by atoms with Gasteiger partial charge in [0, 0.05) is 19.6 Å². The summed E-state index contributed by atoms with van der Waals surface area (Å²) in [5, 5.41) is 0. The third-order valence-corrected chi connectivity index (χ3v) is 2.78. The Balaban J connectivity index is 2.48. The van der Waals surface area contributed by atoms with E-state index in [1.54, 1.807) is 4.90 Å². The molecular weight excluding hydrogens is 212 g/mol. The highest BCUT2D eigenvalue weighted by Gasteiger charge is 2.10. The zero-order valence-electron chi connectivity index (χ0n) is 10.9. The average molecular weight is 234 g/mol. The number of carbonyl (C=O) groups is 1. The Morgan fingerprint density at radius 2 is 2.18 bits per heavy atom. The fourth-order valence-electron chi connectivity index (χ4n) is 1.65. The summed E-state index contributed by atoms with van der Waals surface area (Å²) in [5.41, 5.74) is 7.94. The van der Waals surface area contributed by atoms with E-state index in [1.165, 1.54) is 5.56 Å². The number of nitrogens with two attached hydrogens (primary N) is 1. The number of rotatable bonds is 5. The second kappa shape index (κ2) is 6.40. The average Bonchev–Trinajstić information content (AvgIpc) is 2.25. The maximum absolute atomic E-state index is 11.9. The van der Waals surface area contributed by atoms with Crippen molar-refractivity contribution in [3.05, 3.63) is 35.4 Å². The van der Waals surface area contributed by atoms with Gasteiger partial charge in [0.25, 0.3) is 0 Å². The van der Waals surface area contributed by atoms with Crippen LogP contribution in [0.3, 0.4) is 0 Å². The Labute approximate surface area is 104 Å². The molecule has 1 atom stereocenters. The number of amides is 1. The van der Waals surface area contributed by atoms with E-state index in [0.29, 0.717) is 6.42 Å². The largest absolute Gasteiger partial charge is 0.345 e. The van der Waals surface area contributed by atoms with E-state index in [2.05, 4.69) is 6.07 Å². The van der Waals surface area contributed by atoms with Crippen LogP contribution in [0.5, 0.6) is 0 Å². The number of benzene rings is 1. The van der Waals surface area contributed by atoms with E-state index in [0.717, 1.165) is 18.5 Å². The summed E-state index contributed by atoms with van der Waals surface area (Å²) in [6.45, 7) is 4.72. The first-order valence-corrected chi connectivity index (χ1v) is 6.04. The van der Waals surface area contributed by atoms with Gasteiger partial charge in [-0.05, 0) is 25.8 Å². The van der Waals surface area contributed by atoms with Crippen LogP contribution < -0.4 is 5.73 Å². The first-order chi connectivity index (χ1) is 7.99. The molecule has 17 heavy (non-hydrogen) atoms. The van der Waals surface area contributed by atoms with Crippen molar-refractivity contribution in [1.29, 1.82) is 0 Å². The van der Waals surface area contributed by atoms with E-state index in [1.807, 2.05) is 39.1 Å². The quantitative estimate of drug-likeness (QED) is 0.843. The van der Waals surface area contributed by atoms with Crippen LogP contribution >= 0.6 is 0 Å². The van der Waals surface area contributed by atoms with Gasteiger partial charge in [-0.3, -0.25) is 4.79 Å². The molecule has 0 aliphatic heterocycles. The molecule has 1 aromatic rings. The number of carbonyl (C=O) groups excluding carboxylic acids is 1. The van der Waals surface area contributed by atoms with E-state index < -0.39 is 0 Å². The molecule has 2 N–H and O–H groups in total. The summed E-state index contributed by atoms with van der Waals surface area (Å²) >= 11 is 0. The normalized spacial score (nSPS) is 12.2. The lowest BCUT2D eigenvalue weighted by Crippen LogP contribution is -2.32. The Bertz CT molecular complexity index is 374. The van der Waals surface area contributed by atoms with Gasteiger partial charge in [0.15, 0.2) is 0 Å². The van der Waals surface area contributed by atoms with Crippen molar-refractivity contribution in [2.45, 2.75) is 32.7 Å². The molecule has 3 heteroatoms. The van der Waals surface area contributed by atoms with Crippen molar-refractivity contribution in [2.24, 2.45) is 5.73 Å². The van der Waals surface area contributed by atoms with Gasteiger partial charge in [-0.2, -0.15) is 0 Å². The molecule has 0 spiro atoms. The van der Waals surface area contributed by atoms with Gasteiger partial charge in [-0.25, -0.2) is 0 Å². The maximum Gasteiger partial charge on any atom is 0.226 e. The molecular formula is C14H22N2O. The van der Waals surface area contributed by atoms with Crippen molar-refractivity contribution < 1.29 is 4.79 Å². The third kappa shape index (κ3) is 5.00. The summed E-state index contributed by atoms with van der Waals surface area (Å²) in [7, 11) is 1.83. The molecule has 94 valence electrons. The highest BCUT2D eigenvalue weighted by Crippen LogP contribution is 2.06. The van der Waals surface area contributed by atoms with Crippen LogP contribution in [-0.2, 0) is 11.2 Å². The van der Waals surface area contributed by atoms with Crippen molar-refractivity contribution in [3.63, 3.8) is 0 Å². The van der Waals surface area contributed by atoms with Crippen LogP contribution in [-0.4, -0.2) is 30.4 Å². The minimum atomic E-state index is 0.143.